The van der Waals surface area contributed by atoms with Gasteiger partial charge in [0.05, 0.1) is 13.2 Å². The number of hydrogen-bond donors (Lipinski definition) is 1. The Morgan fingerprint density at radius 2 is 1.60 bits per heavy atom. The van der Waals surface area contributed by atoms with Gasteiger partial charge in [-0.15, -0.1) is 0 Å². The summed E-state index contributed by atoms with van der Waals surface area (Å²) in [4.78, 5) is 0. The number of methoxy groups -OCH3 is 1. The molecule has 0 bridgehead atoms. The molecule has 0 heterocycles. The van der Waals surface area contributed by atoms with Gasteiger partial charge in [0.15, 0.2) is 0 Å². The molecule has 20 heavy (non-hydrogen) atoms. The van der Waals surface area contributed by atoms with E-state index in [0.717, 1.165) is 5.75 Å². The molecule has 0 fully saturated rings. The zero-order valence-electron chi connectivity index (χ0n) is 11.6. The minimum atomic E-state index is -0.484. The van der Waals surface area contributed by atoms with Crippen LogP contribution in [0.5, 0.6) is 23.0 Å². The van der Waals surface area contributed by atoms with Crippen molar-refractivity contribution in [1.82, 2.24) is 0 Å². The number of rotatable bonds is 6. The van der Waals surface area contributed by atoms with Crippen LogP contribution in [0.1, 0.15) is 6.92 Å². The molecule has 0 aliphatic heterocycles. The second-order valence-corrected chi connectivity index (χ2v) is 4.41. The molecule has 4 heteroatoms. The molecule has 0 radical (unpaired) electrons. The Hall–Kier alpha value is -2.20. The van der Waals surface area contributed by atoms with E-state index in [1.165, 1.54) is 0 Å². The predicted molar refractivity (Wildman–Crippen MR) is 76.7 cm³/mol. The summed E-state index contributed by atoms with van der Waals surface area (Å²) in [5.74, 6) is 2.87. The maximum absolute atomic E-state index is 9.15. The minimum Gasteiger partial charge on any atom is -0.497 e. The zero-order chi connectivity index (χ0) is 14.4. The molecular weight excluding hydrogens is 256 g/mol. The Morgan fingerprint density at radius 1 is 0.950 bits per heavy atom. The minimum absolute atomic E-state index is 0.274. The van der Waals surface area contributed by atoms with E-state index in [9.17, 15) is 0 Å². The van der Waals surface area contributed by atoms with Crippen molar-refractivity contribution in [3.05, 3.63) is 48.5 Å². The van der Waals surface area contributed by atoms with Crippen molar-refractivity contribution in [2.45, 2.75) is 13.0 Å². The van der Waals surface area contributed by atoms with Crippen LogP contribution in [0.15, 0.2) is 48.5 Å². The maximum atomic E-state index is 9.15. The van der Waals surface area contributed by atoms with Crippen molar-refractivity contribution in [1.29, 1.82) is 0 Å². The van der Waals surface area contributed by atoms with Crippen LogP contribution in [0.4, 0.5) is 0 Å². The number of aliphatic hydroxyl groups is 1. The smallest absolute Gasteiger partial charge is 0.131 e. The average Bonchev–Trinajstić information content (AvgIpc) is 2.47. The van der Waals surface area contributed by atoms with Gasteiger partial charge in [0.2, 0.25) is 0 Å². The van der Waals surface area contributed by atoms with Crippen LogP contribution in [0.3, 0.4) is 0 Å². The molecule has 2 rings (SSSR count). The van der Waals surface area contributed by atoms with Gasteiger partial charge in [0, 0.05) is 6.07 Å². The number of aliphatic hydroxyl groups excluding tert-OH is 1. The molecule has 0 aliphatic rings. The van der Waals surface area contributed by atoms with Gasteiger partial charge >= 0.3 is 0 Å². The molecule has 0 aliphatic carbocycles. The molecule has 2 aromatic carbocycles. The Balaban J connectivity index is 1.99. The van der Waals surface area contributed by atoms with Crippen LogP contribution >= 0.6 is 0 Å². The Kier molecular flexibility index (Phi) is 4.85. The topological polar surface area (TPSA) is 47.9 Å². The Labute approximate surface area is 118 Å². The predicted octanol–water partition coefficient (Wildman–Crippen LogP) is 3.25. The highest BCUT2D eigenvalue weighted by atomic mass is 16.5. The van der Waals surface area contributed by atoms with Crippen LogP contribution in [0.25, 0.3) is 0 Å². The van der Waals surface area contributed by atoms with Crippen LogP contribution in [0.2, 0.25) is 0 Å². The molecule has 2 aromatic rings. The lowest BCUT2D eigenvalue weighted by Gasteiger charge is -2.10. The molecule has 106 valence electrons. The van der Waals surface area contributed by atoms with Crippen molar-refractivity contribution in [2.24, 2.45) is 0 Å². The zero-order valence-corrected chi connectivity index (χ0v) is 11.6. The highest BCUT2D eigenvalue weighted by Gasteiger charge is 2.01. The van der Waals surface area contributed by atoms with Gasteiger partial charge < -0.3 is 19.3 Å². The number of ether oxygens (including phenoxy) is 3. The lowest BCUT2D eigenvalue weighted by atomic mass is 10.3. The van der Waals surface area contributed by atoms with Gasteiger partial charge in [0.25, 0.3) is 0 Å². The molecular formula is C16H18O4. The summed E-state index contributed by atoms with van der Waals surface area (Å²) in [6.07, 6.45) is -0.484. The fourth-order valence-electron chi connectivity index (χ4n) is 1.62. The molecule has 0 amide bonds. The first-order valence-corrected chi connectivity index (χ1v) is 6.40. The second-order valence-electron chi connectivity index (χ2n) is 4.41. The van der Waals surface area contributed by atoms with E-state index in [0.29, 0.717) is 17.2 Å². The fourth-order valence-corrected chi connectivity index (χ4v) is 1.62. The molecule has 4 nitrogen and oxygen atoms in total. The summed E-state index contributed by atoms with van der Waals surface area (Å²) >= 11 is 0. The van der Waals surface area contributed by atoms with Crippen molar-refractivity contribution in [2.75, 3.05) is 13.7 Å². The molecule has 0 saturated carbocycles. The van der Waals surface area contributed by atoms with E-state index in [1.54, 1.807) is 26.2 Å². The van der Waals surface area contributed by atoms with Crippen LogP contribution in [-0.4, -0.2) is 24.9 Å². The largest absolute Gasteiger partial charge is 0.497 e. The number of benzene rings is 2. The fraction of sp³-hybridized carbons (Fsp3) is 0.250. The van der Waals surface area contributed by atoms with Gasteiger partial charge in [-0.1, -0.05) is 6.07 Å². The molecule has 1 N–H and O–H groups in total. The first kappa shape index (κ1) is 14.2. The van der Waals surface area contributed by atoms with Gasteiger partial charge in [-0.2, -0.15) is 0 Å². The second kappa shape index (κ2) is 6.82. The van der Waals surface area contributed by atoms with Crippen molar-refractivity contribution >= 4 is 0 Å². The van der Waals surface area contributed by atoms with Gasteiger partial charge in [-0.25, -0.2) is 0 Å². The molecule has 1 unspecified atom stereocenters. The first-order valence-electron chi connectivity index (χ1n) is 6.40. The SMILES string of the molecule is COc1cccc(Oc2ccc(OCC(C)O)cc2)c1. The van der Waals surface area contributed by atoms with Crippen LogP contribution < -0.4 is 14.2 Å². The van der Waals surface area contributed by atoms with E-state index >= 15 is 0 Å². The van der Waals surface area contributed by atoms with Gasteiger partial charge in [0.1, 0.15) is 29.6 Å². The summed E-state index contributed by atoms with van der Waals surface area (Å²) in [5.41, 5.74) is 0. The highest BCUT2D eigenvalue weighted by molar-refractivity contribution is 5.38. The van der Waals surface area contributed by atoms with Crippen molar-refractivity contribution < 1.29 is 19.3 Å². The summed E-state index contributed by atoms with van der Waals surface area (Å²) in [7, 11) is 1.62. The number of hydrogen-bond acceptors (Lipinski definition) is 4. The monoisotopic (exact) mass is 274 g/mol. The van der Waals surface area contributed by atoms with Crippen LogP contribution in [0, 0.1) is 0 Å². The third kappa shape index (κ3) is 4.17. The molecule has 1 atom stereocenters. The molecule has 0 saturated heterocycles. The Bertz CT molecular complexity index is 534. The molecule has 0 aromatic heterocycles. The third-order valence-corrected chi connectivity index (χ3v) is 2.59. The van der Waals surface area contributed by atoms with Crippen LogP contribution in [-0.2, 0) is 0 Å². The lowest BCUT2D eigenvalue weighted by molar-refractivity contribution is 0.122. The summed E-state index contributed by atoms with van der Waals surface area (Å²) in [6.45, 7) is 1.95. The van der Waals surface area contributed by atoms with Gasteiger partial charge in [-0.05, 0) is 43.3 Å². The first-order chi connectivity index (χ1) is 9.67. The lowest BCUT2D eigenvalue weighted by Crippen LogP contribution is -2.12. The van der Waals surface area contributed by atoms with E-state index < -0.39 is 6.10 Å². The average molecular weight is 274 g/mol. The van der Waals surface area contributed by atoms with E-state index in [-0.39, 0.29) is 6.61 Å². The van der Waals surface area contributed by atoms with E-state index in [1.807, 2.05) is 36.4 Å². The molecule has 0 spiro atoms. The quantitative estimate of drug-likeness (QED) is 0.878. The summed E-state index contributed by atoms with van der Waals surface area (Å²) < 4.78 is 16.2. The Morgan fingerprint density at radius 3 is 2.25 bits per heavy atom. The maximum Gasteiger partial charge on any atom is 0.131 e. The third-order valence-electron chi connectivity index (χ3n) is 2.59. The standard InChI is InChI=1S/C16H18O4/c1-12(17)11-19-13-6-8-14(9-7-13)20-16-5-3-4-15(10-16)18-2/h3-10,12,17H,11H2,1-2H3. The van der Waals surface area contributed by atoms with Crippen molar-refractivity contribution in [3.63, 3.8) is 0 Å². The normalized spacial score (nSPS) is 11.8. The summed E-state index contributed by atoms with van der Waals surface area (Å²) in [5, 5.41) is 9.15. The van der Waals surface area contributed by atoms with Gasteiger partial charge in [-0.3, -0.25) is 0 Å². The summed E-state index contributed by atoms with van der Waals surface area (Å²) in [6, 6.07) is 14.6. The van der Waals surface area contributed by atoms with E-state index in [4.69, 9.17) is 19.3 Å². The van der Waals surface area contributed by atoms with E-state index in [2.05, 4.69) is 0 Å². The highest BCUT2D eigenvalue weighted by Crippen LogP contribution is 2.26. The van der Waals surface area contributed by atoms with Crippen molar-refractivity contribution in [3.8, 4) is 23.0 Å².